The summed E-state index contributed by atoms with van der Waals surface area (Å²) in [5, 5.41) is 13.6. The number of nitrogens with zero attached hydrogens (tertiary/aromatic N) is 3. The molecule has 0 aliphatic carbocycles. The zero-order chi connectivity index (χ0) is 22.6. The second kappa shape index (κ2) is 9.46. The van der Waals surface area contributed by atoms with E-state index in [1.54, 1.807) is 38.2 Å². The predicted octanol–water partition coefficient (Wildman–Crippen LogP) is 2.97. The molecule has 3 heterocycles. The molecule has 0 radical (unpaired) electrons. The molecule has 1 fully saturated rings. The number of rotatable bonds is 5. The van der Waals surface area contributed by atoms with Gasteiger partial charge in [0.2, 0.25) is 5.78 Å². The molecule has 170 valence electrons. The highest BCUT2D eigenvalue weighted by atomic mass is 16.3. The first-order valence-electron chi connectivity index (χ1n) is 10.6. The highest BCUT2D eigenvalue weighted by Crippen LogP contribution is 2.22. The molecule has 2 aromatic rings. The third-order valence-electron chi connectivity index (χ3n) is 5.02. The van der Waals surface area contributed by atoms with Gasteiger partial charge in [0.25, 0.3) is 0 Å². The van der Waals surface area contributed by atoms with Gasteiger partial charge in [-0.05, 0) is 50.5 Å². The number of pyridine rings is 2. The van der Waals surface area contributed by atoms with Crippen LogP contribution in [0.4, 0.5) is 11.6 Å². The molecule has 7 nitrogen and oxygen atoms in total. The molecule has 3 rings (SSSR count). The number of nitrogens with one attached hydrogen (secondary N) is 1. The molecule has 0 spiro atoms. The van der Waals surface area contributed by atoms with Crippen molar-refractivity contribution in [2.45, 2.75) is 45.8 Å². The minimum Gasteiger partial charge on any atom is -0.383 e. The zero-order valence-corrected chi connectivity index (χ0v) is 18.6. The van der Waals surface area contributed by atoms with Crippen molar-refractivity contribution in [3.63, 3.8) is 0 Å². The molecule has 0 bridgehead atoms. The number of nitrogens with two attached hydrogens (primary N) is 1. The van der Waals surface area contributed by atoms with Crippen LogP contribution >= 0.6 is 0 Å². The number of anilines is 2. The van der Waals surface area contributed by atoms with E-state index in [1.807, 2.05) is 6.07 Å². The summed E-state index contributed by atoms with van der Waals surface area (Å²) < 4.78 is 0. The van der Waals surface area contributed by atoms with E-state index in [1.165, 1.54) is 0 Å². The quantitative estimate of drug-likeness (QED) is 0.498. The predicted molar refractivity (Wildman–Crippen MR) is 129 cm³/mol. The van der Waals surface area contributed by atoms with Crippen molar-refractivity contribution < 1.29 is 14.2 Å². The fourth-order valence-electron chi connectivity index (χ4n) is 3.62. The first-order chi connectivity index (χ1) is 14.6. The molecule has 0 saturated carbocycles. The van der Waals surface area contributed by atoms with Gasteiger partial charge in [-0.1, -0.05) is 25.7 Å². The van der Waals surface area contributed by atoms with Crippen LogP contribution in [-0.2, 0) is 0 Å². The van der Waals surface area contributed by atoms with E-state index in [2.05, 4.69) is 40.9 Å². The van der Waals surface area contributed by atoms with Gasteiger partial charge in [-0.25, -0.2) is 9.97 Å². The summed E-state index contributed by atoms with van der Waals surface area (Å²) in [7, 11) is 0. The maximum Gasteiger partial charge on any atom is 0.216 e. The zero-order valence-electron chi connectivity index (χ0n) is 18.6. The SMILES string of the molecule is CC(C)C[C@H]1CN(c2ccc(C#CC(C)(C)O)c(C(=O)c3cccnc3N)n2)CCN1.[HH].[HH].[HH]. The fourth-order valence-corrected chi connectivity index (χ4v) is 3.62. The summed E-state index contributed by atoms with van der Waals surface area (Å²) in [4.78, 5) is 24.2. The largest absolute Gasteiger partial charge is 0.383 e. The van der Waals surface area contributed by atoms with E-state index < -0.39 is 5.60 Å². The Morgan fingerprint density at radius 3 is 2.87 bits per heavy atom. The maximum absolute atomic E-state index is 13.3. The van der Waals surface area contributed by atoms with Crippen LogP contribution in [0.3, 0.4) is 0 Å². The van der Waals surface area contributed by atoms with E-state index in [0.29, 0.717) is 17.5 Å². The van der Waals surface area contributed by atoms with E-state index in [4.69, 9.17) is 10.7 Å². The average Bonchev–Trinajstić information content (AvgIpc) is 2.71. The topological polar surface area (TPSA) is 104 Å². The number of piperazine rings is 1. The molecule has 0 aromatic carbocycles. The van der Waals surface area contributed by atoms with Crippen LogP contribution in [0.1, 0.15) is 60.0 Å². The van der Waals surface area contributed by atoms with Crippen LogP contribution in [0.2, 0.25) is 0 Å². The van der Waals surface area contributed by atoms with Crippen molar-refractivity contribution in [2.75, 3.05) is 30.3 Å². The Labute approximate surface area is 188 Å². The van der Waals surface area contributed by atoms with Crippen molar-refractivity contribution in [1.29, 1.82) is 0 Å². The molecule has 0 amide bonds. The highest BCUT2D eigenvalue weighted by molar-refractivity contribution is 6.11. The Bertz CT molecular complexity index is 1020. The lowest BCUT2D eigenvalue weighted by Gasteiger charge is -2.35. The molecule has 4 N–H and O–H groups in total. The van der Waals surface area contributed by atoms with Crippen LogP contribution in [0.5, 0.6) is 0 Å². The van der Waals surface area contributed by atoms with E-state index in [9.17, 15) is 9.90 Å². The second-order valence-corrected chi connectivity index (χ2v) is 8.87. The Hall–Kier alpha value is -2.95. The second-order valence-electron chi connectivity index (χ2n) is 8.87. The van der Waals surface area contributed by atoms with Crippen LogP contribution in [0.25, 0.3) is 0 Å². The third kappa shape index (κ3) is 6.03. The fraction of sp³-hybridized carbons (Fsp3) is 0.458. The summed E-state index contributed by atoms with van der Waals surface area (Å²) in [6, 6.07) is 7.35. The molecule has 1 aliphatic rings. The van der Waals surface area contributed by atoms with Crippen molar-refractivity contribution in [3.05, 3.63) is 47.3 Å². The average molecular weight is 428 g/mol. The van der Waals surface area contributed by atoms with Crippen LogP contribution in [0.15, 0.2) is 30.5 Å². The van der Waals surface area contributed by atoms with Gasteiger partial charge in [0, 0.05) is 36.2 Å². The first kappa shape index (κ1) is 22.7. The summed E-state index contributed by atoms with van der Waals surface area (Å²) in [6.45, 7) is 10.1. The van der Waals surface area contributed by atoms with Crippen molar-refractivity contribution in [2.24, 2.45) is 5.92 Å². The number of hydrogen-bond acceptors (Lipinski definition) is 7. The molecule has 2 aromatic heterocycles. The third-order valence-corrected chi connectivity index (χ3v) is 5.02. The van der Waals surface area contributed by atoms with E-state index in [0.717, 1.165) is 31.9 Å². The van der Waals surface area contributed by atoms with Gasteiger partial charge in [-0.3, -0.25) is 4.79 Å². The Morgan fingerprint density at radius 2 is 2.19 bits per heavy atom. The number of aliphatic hydroxyl groups is 1. The lowest BCUT2D eigenvalue weighted by molar-refractivity contribution is 0.103. The molecule has 1 atom stereocenters. The number of ketones is 1. The van der Waals surface area contributed by atoms with Gasteiger partial charge in [-0.2, -0.15) is 0 Å². The number of hydrogen-bond donors (Lipinski definition) is 3. The number of nitrogen functional groups attached to an aromatic ring is 1. The van der Waals surface area contributed by atoms with Gasteiger partial charge >= 0.3 is 0 Å². The number of aromatic nitrogens is 2. The van der Waals surface area contributed by atoms with Crippen LogP contribution in [0, 0.1) is 17.8 Å². The van der Waals surface area contributed by atoms with Gasteiger partial charge in [0.1, 0.15) is 22.9 Å². The Kier molecular flexibility index (Phi) is 6.94. The highest BCUT2D eigenvalue weighted by Gasteiger charge is 2.24. The van der Waals surface area contributed by atoms with Crippen LogP contribution < -0.4 is 16.0 Å². The Balaban J connectivity index is 0.00000363. The lowest BCUT2D eigenvalue weighted by atomic mass is 10.0. The number of carbonyl (C=O) groups excluding carboxylic acids is 1. The Morgan fingerprint density at radius 1 is 1.42 bits per heavy atom. The molecule has 7 heteroatoms. The normalized spacial score (nSPS) is 16.7. The first-order valence-corrected chi connectivity index (χ1v) is 10.6. The smallest absolute Gasteiger partial charge is 0.216 e. The molecule has 1 saturated heterocycles. The van der Waals surface area contributed by atoms with Gasteiger partial charge in [-0.15, -0.1) is 0 Å². The standard InChI is InChI=1S/C24H31N5O2.3H2/c1-16(2)14-18-15-29(13-12-26-18)20-8-7-17(9-10-24(3,4)31)21(28-20)22(30)19-6-5-11-27-23(19)25;;;/h5-8,11,16,18,26,31H,12-15H2,1-4H3,(H2,25,27);3*1H/t18-;;;/m0.../s1. The number of carbonyl (C=O) groups is 1. The molecule has 31 heavy (non-hydrogen) atoms. The molecule has 1 aliphatic heterocycles. The summed E-state index contributed by atoms with van der Waals surface area (Å²) in [6.07, 6.45) is 2.62. The molecule has 0 unspecified atom stereocenters. The van der Waals surface area contributed by atoms with Crippen molar-refractivity contribution >= 4 is 17.4 Å². The van der Waals surface area contributed by atoms with Gasteiger partial charge in [0.15, 0.2) is 0 Å². The molecular weight excluding hydrogens is 390 g/mol. The molecular formula is C24H37N5O2. The van der Waals surface area contributed by atoms with Gasteiger partial charge in [0.05, 0.1) is 11.1 Å². The summed E-state index contributed by atoms with van der Waals surface area (Å²) >= 11 is 0. The minimum absolute atomic E-state index is 0. The lowest BCUT2D eigenvalue weighted by Crippen LogP contribution is -2.51. The van der Waals surface area contributed by atoms with Crippen LogP contribution in [-0.4, -0.2) is 52.1 Å². The van der Waals surface area contributed by atoms with Crippen molar-refractivity contribution in [1.82, 2.24) is 15.3 Å². The van der Waals surface area contributed by atoms with Crippen molar-refractivity contribution in [3.8, 4) is 11.8 Å². The van der Waals surface area contributed by atoms with E-state index >= 15 is 0 Å². The van der Waals surface area contributed by atoms with E-state index in [-0.39, 0.29) is 27.1 Å². The van der Waals surface area contributed by atoms with Gasteiger partial charge < -0.3 is 21.1 Å². The summed E-state index contributed by atoms with van der Waals surface area (Å²) in [5.74, 6) is 6.83. The summed E-state index contributed by atoms with van der Waals surface area (Å²) in [5.41, 5.74) is 5.71. The monoisotopic (exact) mass is 427 g/mol. The minimum atomic E-state index is -1.19. The maximum atomic E-state index is 13.3.